The van der Waals surface area contributed by atoms with E-state index in [0.29, 0.717) is 39.2 Å². The number of para-hydroxylation sites is 2. The first-order valence-electron chi connectivity index (χ1n) is 19.4. The SMILES string of the molecule is [C-]#[N+]c1cccc(-c2ccc3c(c2)c2ccccc2n3-c2cc(-c3c([N+]#[C-])cccc3C(F)(F)F)cc(-n3c4ccccc4c4cc(-c5cccc(C#N)c5)ccc43)c2C#N)c1. The van der Waals surface area contributed by atoms with Gasteiger partial charge >= 0.3 is 6.18 Å². The van der Waals surface area contributed by atoms with Gasteiger partial charge in [0.05, 0.1) is 63.8 Å². The molecule has 0 atom stereocenters. The third-order valence-electron chi connectivity index (χ3n) is 11.4. The Morgan fingerprint density at radius 3 is 1.55 bits per heavy atom. The summed E-state index contributed by atoms with van der Waals surface area (Å²) in [6, 6.07) is 53.2. The molecule has 0 unspecified atom stereocenters. The van der Waals surface area contributed by atoms with Gasteiger partial charge in [-0.25, -0.2) is 9.69 Å². The minimum Gasteiger partial charge on any atom is -0.308 e. The zero-order valence-corrected chi connectivity index (χ0v) is 32.4. The summed E-state index contributed by atoms with van der Waals surface area (Å²) in [6.07, 6.45) is -4.80. The van der Waals surface area contributed by atoms with Crippen molar-refractivity contribution in [2.24, 2.45) is 0 Å². The Hall–Kier alpha value is -8.89. The fourth-order valence-electron chi connectivity index (χ4n) is 8.74. The van der Waals surface area contributed by atoms with E-state index >= 15 is 13.2 Å². The van der Waals surface area contributed by atoms with E-state index in [1.54, 1.807) is 24.3 Å². The molecule has 0 saturated heterocycles. The zero-order chi connectivity index (χ0) is 42.7. The summed E-state index contributed by atoms with van der Waals surface area (Å²) in [5, 5.41) is 24.3. The van der Waals surface area contributed by atoms with E-state index in [1.165, 1.54) is 12.1 Å². The molecule has 0 amide bonds. The Balaban J connectivity index is 1.33. The number of alkyl halides is 3. The van der Waals surface area contributed by atoms with Crippen LogP contribution in [0.5, 0.6) is 0 Å². The molecule has 0 bridgehead atoms. The summed E-state index contributed by atoms with van der Waals surface area (Å²) in [4.78, 5) is 7.19. The molecule has 0 fully saturated rings. The highest BCUT2D eigenvalue weighted by Crippen LogP contribution is 2.46. The lowest BCUT2D eigenvalue weighted by atomic mass is 9.94. The van der Waals surface area contributed by atoms with E-state index in [0.717, 1.165) is 55.4 Å². The van der Waals surface area contributed by atoms with Gasteiger partial charge in [-0.3, -0.25) is 0 Å². The lowest BCUT2D eigenvalue weighted by Gasteiger charge is -2.21. The van der Waals surface area contributed by atoms with Crippen LogP contribution in [0, 0.1) is 35.8 Å². The number of hydrogen-bond acceptors (Lipinski definition) is 2. The second-order valence-corrected chi connectivity index (χ2v) is 14.8. The van der Waals surface area contributed by atoms with Gasteiger partial charge in [0.15, 0.2) is 11.4 Å². The standard InChI is InChI=1S/C53H27F3N6/c1-59-38-13-8-12-34(25-38)36-21-23-49-42(27-36)40-15-4-6-19-47(40)62(49)51-29-37(52-44(53(54,55)56)16-9-17-45(52)60-2)28-50(43(51)31-58)61-46-18-5-3-14-39(46)41-26-35(20-22-48(41)61)33-11-7-10-32(24-33)30-57/h3-29H. The highest BCUT2D eigenvalue weighted by Gasteiger charge is 2.35. The molecule has 0 aliphatic carbocycles. The Morgan fingerprint density at radius 2 is 1.00 bits per heavy atom. The Kier molecular flexibility index (Phi) is 8.70. The quantitative estimate of drug-likeness (QED) is 0.163. The summed E-state index contributed by atoms with van der Waals surface area (Å²) in [5.74, 6) is 0. The number of benzene rings is 8. The summed E-state index contributed by atoms with van der Waals surface area (Å²) in [5.41, 5.74) is 6.82. The molecule has 0 saturated carbocycles. The van der Waals surface area contributed by atoms with Gasteiger partial charge in [0, 0.05) is 21.5 Å². The molecule has 0 spiro atoms. The molecule has 2 heterocycles. The Bertz CT molecular complexity index is 3500. The van der Waals surface area contributed by atoms with Gasteiger partial charge in [-0.1, -0.05) is 97.1 Å². The first-order chi connectivity index (χ1) is 30.2. The largest absolute Gasteiger partial charge is 0.415 e. The average Bonchev–Trinajstić information content (AvgIpc) is 3.82. The van der Waals surface area contributed by atoms with Crippen LogP contribution in [0.25, 0.3) is 98.1 Å². The second-order valence-electron chi connectivity index (χ2n) is 14.8. The smallest absolute Gasteiger partial charge is 0.308 e. The Labute approximate surface area is 353 Å². The van der Waals surface area contributed by atoms with E-state index < -0.39 is 11.7 Å². The molecule has 10 aromatic rings. The van der Waals surface area contributed by atoms with Crippen LogP contribution in [-0.4, -0.2) is 9.13 Å². The number of aromatic nitrogens is 2. The van der Waals surface area contributed by atoms with Crippen molar-refractivity contribution in [3.8, 4) is 56.9 Å². The number of nitrogens with zero attached hydrogens (tertiary/aromatic N) is 6. The van der Waals surface area contributed by atoms with Gasteiger partial charge in [-0.05, 0) is 100 Å². The van der Waals surface area contributed by atoms with Crippen molar-refractivity contribution in [1.82, 2.24) is 9.13 Å². The van der Waals surface area contributed by atoms with Gasteiger partial charge in [-0.15, -0.1) is 0 Å². The van der Waals surface area contributed by atoms with Crippen molar-refractivity contribution in [2.75, 3.05) is 0 Å². The number of rotatable bonds is 5. The molecule has 6 nitrogen and oxygen atoms in total. The number of hydrogen-bond donors (Lipinski definition) is 0. The molecule has 10 rings (SSSR count). The lowest BCUT2D eigenvalue weighted by molar-refractivity contribution is -0.137. The third kappa shape index (κ3) is 5.93. The predicted molar refractivity (Wildman–Crippen MR) is 238 cm³/mol. The van der Waals surface area contributed by atoms with Crippen molar-refractivity contribution in [3.05, 3.63) is 203 Å². The van der Waals surface area contributed by atoms with Crippen LogP contribution in [0.4, 0.5) is 24.5 Å². The van der Waals surface area contributed by atoms with E-state index in [-0.39, 0.29) is 22.4 Å². The topological polar surface area (TPSA) is 66.2 Å². The second kappa shape index (κ2) is 14.4. The molecule has 0 radical (unpaired) electrons. The highest BCUT2D eigenvalue weighted by molar-refractivity contribution is 6.12. The van der Waals surface area contributed by atoms with E-state index in [4.69, 9.17) is 13.1 Å². The fraction of sp³-hybridized carbons (Fsp3) is 0.0189. The Morgan fingerprint density at radius 1 is 0.468 bits per heavy atom. The van der Waals surface area contributed by atoms with Crippen LogP contribution in [0.2, 0.25) is 0 Å². The van der Waals surface area contributed by atoms with Crippen molar-refractivity contribution in [1.29, 1.82) is 10.5 Å². The van der Waals surface area contributed by atoms with Gasteiger partial charge in [0.2, 0.25) is 0 Å². The predicted octanol–water partition coefficient (Wildman–Crippen LogP) is 14.7. The van der Waals surface area contributed by atoms with Crippen LogP contribution in [-0.2, 0) is 6.18 Å². The van der Waals surface area contributed by atoms with E-state index in [2.05, 4.69) is 21.8 Å². The van der Waals surface area contributed by atoms with Crippen LogP contribution in [0.15, 0.2) is 164 Å². The van der Waals surface area contributed by atoms with Crippen molar-refractivity contribution in [3.63, 3.8) is 0 Å². The highest BCUT2D eigenvalue weighted by atomic mass is 19.4. The number of fused-ring (bicyclic) bond motifs is 6. The minimum absolute atomic E-state index is 0.113. The molecule has 2 aromatic heterocycles. The molecule has 0 aliphatic rings. The number of nitriles is 2. The molecule has 9 heteroatoms. The summed E-state index contributed by atoms with van der Waals surface area (Å²) in [7, 11) is 0. The molecular formula is C53H27F3N6. The minimum atomic E-state index is -4.80. The van der Waals surface area contributed by atoms with Gasteiger partial charge in [-0.2, -0.15) is 23.7 Å². The molecule has 0 N–H and O–H groups in total. The number of halogens is 3. The van der Waals surface area contributed by atoms with Crippen molar-refractivity contribution >= 4 is 55.0 Å². The summed E-state index contributed by atoms with van der Waals surface area (Å²) < 4.78 is 48.9. The zero-order valence-electron chi connectivity index (χ0n) is 32.4. The van der Waals surface area contributed by atoms with Crippen LogP contribution in [0.3, 0.4) is 0 Å². The monoisotopic (exact) mass is 804 g/mol. The lowest BCUT2D eigenvalue weighted by Crippen LogP contribution is -2.09. The third-order valence-corrected chi connectivity index (χ3v) is 11.4. The van der Waals surface area contributed by atoms with Gasteiger partial charge in [0.1, 0.15) is 11.6 Å². The van der Waals surface area contributed by atoms with Crippen LogP contribution in [0.1, 0.15) is 16.7 Å². The average molecular weight is 805 g/mol. The first-order valence-corrected chi connectivity index (χ1v) is 19.4. The maximum Gasteiger partial charge on any atom is 0.415 e. The summed E-state index contributed by atoms with van der Waals surface area (Å²) in [6.45, 7) is 15.6. The molecule has 290 valence electrons. The van der Waals surface area contributed by atoms with Gasteiger partial charge < -0.3 is 9.13 Å². The van der Waals surface area contributed by atoms with Crippen LogP contribution < -0.4 is 0 Å². The molecule has 8 aromatic carbocycles. The molecular weight excluding hydrogens is 778 g/mol. The van der Waals surface area contributed by atoms with E-state index in [1.807, 2.05) is 130 Å². The summed E-state index contributed by atoms with van der Waals surface area (Å²) >= 11 is 0. The van der Waals surface area contributed by atoms with Crippen molar-refractivity contribution in [2.45, 2.75) is 6.18 Å². The molecule has 0 aliphatic heterocycles. The maximum absolute atomic E-state index is 15.0. The fourth-order valence-corrected chi connectivity index (χ4v) is 8.74. The maximum atomic E-state index is 15.0. The van der Waals surface area contributed by atoms with E-state index in [9.17, 15) is 10.5 Å². The normalized spacial score (nSPS) is 11.4. The van der Waals surface area contributed by atoms with Gasteiger partial charge in [0.25, 0.3) is 0 Å². The molecule has 62 heavy (non-hydrogen) atoms. The van der Waals surface area contributed by atoms with Crippen LogP contribution >= 0.6 is 0 Å². The van der Waals surface area contributed by atoms with Crippen molar-refractivity contribution < 1.29 is 13.2 Å². The first kappa shape index (κ1) is 37.4.